The highest BCUT2D eigenvalue weighted by molar-refractivity contribution is 5.85. The molecule has 2 heterocycles. The van der Waals surface area contributed by atoms with Crippen LogP contribution in [0.2, 0.25) is 0 Å². The van der Waals surface area contributed by atoms with Crippen molar-refractivity contribution in [3.05, 3.63) is 0 Å². The third kappa shape index (κ3) is 3.80. The van der Waals surface area contributed by atoms with E-state index in [1.165, 1.54) is 19.3 Å². The molecule has 6 aliphatic rings. The summed E-state index contributed by atoms with van der Waals surface area (Å²) in [4.78, 5) is 30.1. The maximum atomic E-state index is 13.4. The lowest BCUT2D eigenvalue weighted by atomic mass is 9.49. The number of rotatable bonds is 3. The van der Waals surface area contributed by atoms with Crippen molar-refractivity contribution in [1.82, 2.24) is 15.1 Å². The molecule has 2 saturated heterocycles. The van der Waals surface area contributed by atoms with Crippen LogP contribution < -0.4 is 5.32 Å². The molecule has 4 bridgehead atoms. The minimum atomic E-state index is -0.0513. The molecule has 0 aromatic carbocycles. The Bertz CT molecular complexity index is 564. The fourth-order valence-electron chi connectivity index (χ4n) is 6.96. The molecule has 4 aliphatic carbocycles. The van der Waals surface area contributed by atoms with Gasteiger partial charge < -0.3 is 19.9 Å². The van der Waals surface area contributed by atoms with E-state index >= 15 is 0 Å². The van der Waals surface area contributed by atoms with Gasteiger partial charge in [0.15, 0.2) is 0 Å². The van der Waals surface area contributed by atoms with Gasteiger partial charge in [0.05, 0.1) is 18.6 Å². The predicted molar refractivity (Wildman–Crippen MR) is 108 cm³/mol. The molecule has 1 atom stereocenters. The van der Waals surface area contributed by atoms with E-state index in [9.17, 15) is 9.59 Å². The summed E-state index contributed by atoms with van der Waals surface area (Å²) in [7, 11) is 0. The monoisotopic (exact) mass is 411 g/mol. The zero-order valence-corrected chi connectivity index (χ0v) is 17.6. The summed E-state index contributed by atoms with van der Waals surface area (Å²) in [6.45, 7) is 4.97. The molecule has 158 valence electrons. The first-order valence-corrected chi connectivity index (χ1v) is 11.0. The summed E-state index contributed by atoms with van der Waals surface area (Å²) in [6.07, 6.45) is 8.00. The van der Waals surface area contributed by atoms with Crippen LogP contribution in [0.25, 0.3) is 0 Å². The van der Waals surface area contributed by atoms with E-state index in [0.717, 1.165) is 50.2 Å². The second kappa shape index (κ2) is 8.11. The molecule has 6 nitrogen and oxygen atoms in total. The highest BCUT2D eigenvalue weighted by Crippen LogP contribution is 2.60. The number of hydrogen-bond acceptors (Lipinski definition) is 4. The Morgan fingerprint density at radius 1 is 0.929 bits per heavy atom. The number of morpholine rings is 1. The predicted octanol–water partition coefficient (Wildman–Crippen LogP) is 1.67. The van der Waals surface area contributed by atoms with Gasteiger partial charge in [-0.25, -0.2) is 0 Å². The van der Waals surface area contributed by atoms with Crippen LogP contribution in [0, 0.1) is 23.2 Å². The number of nitrogens with one attached hydrogen (secondary N) is 1. The Morgan fingerprint density at radius 3 is 2.04 bits per heavy atom. The van der Waals surface area contributed by atoms with Crippen molar-refractivity contribution in [3.8, 4) is 0 Å². The van der Waals surface area contributed by atoms with Gasteiger partial charge in [-0.2, -0.15) is 0 Å². The molecule has 0 aromatic heterocycles. The smallest absolute Gasteiger partial charge is 0.228 e. The third-order valence-electron chi connectivity index (χ3n) is 7.83. The molecule has 6 rings (SSSR count). The summed E-state index contributed by atoms with van der Waals surface area (Å²) >= 11 is 0. The molecule has 1 unspecified atom stereocenters. The van der Waals surface area contributed by atoms with Crippen molar-refractivity contribution < 1.29 is 14.3 Å². The molecule has 0 radical (unpaired) electrons. The summed E-state index contributed by atoms with van der Waals surface area (Å²) in [5, 5.41) is 3.35. The van der Waals surface area contributed by atoms with E-state index in [0.29, 0.717) is 45.1 Å². The van der Waals surface area contributed by atoms with Crippen molar-refractivity contribution >= 4 is 24.2 Å². The fourth-order valence-corrected chi connectivity index (χ4v) is 6.96. The second-order valence-electron chi connectivity index (χ2n) is 9.80. The van der Waals surface area contributed by atoms with Gasteiger partial charge in [0.1, 0.15) is 0 Å². The normalized spacial score (nSPS) is 39.6. The maximum Gasteiger partial charge on any atom is 0.228 e. The summed E-state index contributed by atoms with van der Waals surface area (Å²) in [5.74, 6) is 3.01. The molecule has 0 spiro atoms. The summed E-state index contributed by atoms with van der Waals surface area (Å²) < 4.78 is 5.45. The lowest BCUT2D eigenvalue weighted by molar-refractivity contribution is -0.160. The Balaban J connectivity index is 0.00000192. The van der Waals surface area contributed by atoms with Crippen LogP contribution in [0.5, 0.6) is 0 Å². The number of carbonyl (C=O) groups is 2. The van der Waals surface area contributed by atoms with Crippen LogP contribution in [0.3, 0.4) is 0 Å². The Morgan fingerprint density at radius 2 is 1.50 bits per heavy atom. The number of nitrogens with zero attached hydrogens (tertiary/aromatic N) is 2. The van der Waals surface area contributed by atoms with Crippen molar-refractivity contribution in [3.63, 3.8) is 0 Å². The number of carbonyl (C=O) groups excluding carboxylic acids is 2. The van der Waals surface area contributed by atoms with E-state index in [4.69, 9.17) is 4.74 Å². The average molecular weight is 412 g/mol. The fraction of sp³-hybridized carbons (Fsp3) is 0.905. The highest BCUT2D eigenvalue weighted by atomic mass is 35.5. The third-order valence-corrected chi connectivity index (χ3v) is 7.83. The minimum absolute atomic E-state index is 0. The Hall–Kier alpha value is -0.850. The van der Waals surface area contributed by atoms with Crippen LogP contribution in [0.1, 0.15) is 44.9 Å². The molecule has 0 aromatic rings. The molecule has 7 heteroatoms. The Labute approximate surface area is 174 Å². The second-order valence-corrected chi connectivity index (χ2v) is 9.80. The number of halogens is 1. The highest BCUT2D eigenvalue weighted by Gasteiger charge is 2.55. The maximum absolute atomic E-state index is 13.4. The van der Waals surface area contributed by atoms with Gasteiger partial charge in [-0.1, -0.05) is 0 Å². The van der Waals surface area contributed by atoms with Gasteiger partial charge in [-0.05, 0) is 56.3 Å². The lowest BCUT2D eigenvalue weighted by Gasteiger charge is -2.57. The lowest BCUT2D eigenvalue weighted by Crippen LogP contribution is -2.59. The number of piperazine rings is 1. The Kier molecular flexibility index (Phi) is 5.92. The number of ether oxygens (including phenoxy) is 1. The minimum Gasteiger partial charge on any atom is -0.378 e. The van der Waals surface area contributed by atoms with Crippen molar-refractivity contribution in [1.29, 1.82) is 0 Å². The summed E-state index contributed by atoms with van der Waals surface area (Å²) in [5.41, 5.74) is -0.0513. The van der Waals surface area contributed by atoms with Gasteiger partial charge in [0, 0.05) is 45.2 Å². The molecule has 4 saturated carbocycles. The first-order chi connectivity index (χ1) is 13.1. The van der Waals surface area contributed by atoms with Crippen LogP contribution in [-0.4, -0.2) is 73.6 Å². The molecule has 6 fully saturated rings. The van der Waals surface area contributed by atoms with Crippen LogP contribution in [0.15, 0.2) is 0 Å². The molecule has 2 aliphatic heterocycles. The van der Waals surface area contributed by atoms with E-state index < -0.39 is 0 Å². The van der Waals surface area contributed by atoms with Gasteiger partial charge in [0.25, 0.3) is 0 Å². The number of amides is 2. The topological polar surface area (TPSA) is 61.9 Å². The first kappa shape index (κ1) is 20.4. The molecule has 1 N–H and O–H groups in total. The van der Waals surface area contributed by atoms with Gasteiger partial charge in [-0.3, -0.25) is 9.59 Å². The van der Waals surface area contributed by atoms with Crippen LogP contribution in [0.4, 0.5) is 0 Å². The van der Waals surface area contributed by atoms with E-state index in [1.807, 2.05) is 4.90 Å². The largest absolute Gasteiger partial charge is 0.378 e. The quantitative estimate of drug-likeness (QED) is 0.767. The van der Waals surface area contributed by atoms with Crippen LogP contribution in [-0.2, 0) is 14.3 Å². The van der Waals surface area contributed by atoms with Gasteiger partial charge in [-0.15, -0.1) is 12.4 Å². The van der Waals surface area contributed by atoms with Crippen molar-refractivity contribution in [2.45, 2.75) is 51.0 Å². The molecular weight excluding hydrogens is 378 g/mol. The summed E-state index contributed by atoms with van der Waals surface area (Å²) in [6, 6.07) is 0.137. The van der Waals surface area contributed by atoms with Crippen molar-refractivity contribution in [2.24, 2.45) is 23.2 Å². The zero-order valence-electron chi connectivity index (χ0n) is 16.7. The number of hydrogen-bond donors (Lipinski definition) is 1. The van der Waals surface area contributed by atoms with Crippen LogP contribution >= 0.6 is 12.4 Å². The standard InChI is InChI=1S/C21H33N3O3.ClH/c25-19(10-18-14-27-6-1-22-18)23-2-4-24(5-3-23)20(26)21-11-15-7-16(12-21)9-17(8-15)13-21;/h15-18,22H,1-14H2;1H. The average Bonchev–Trinajstić information content (AvgIpc) is 2.67. The molecule has 2 amide bonds. The van der Waals surface area contributed by atoms with Crippen molar-refractivity contribution in [2.75, 3.05) is 45.9 Å². The van der Waals surface area contributed by atoms with E-state index in [2.05, 4.69) is 10.2 Å². The molecule has 28 heavy (non-hydrogen) atoms. The van der Waals surface area contributed by atoms with E-state index in [-0.39, 0.29) is 29.8 Å². The van der Waals surface area contributed by atoms with Gasteiger partial charge >= 0.3 is 0 Å². The molecular formula is C21H34ClN3O3. The SMILES string of the molecule is Cl.O=C(CC1COCCN1)N1CCN(C(=O)C23CC4CC(CC(C4)C2)C3)CC1. The van der Waals surface area contributed by atoms with Gasteiger partial charge in [0.2, 0.25) is 11.8 Å². The van der Waals surface area contributed by atoms with E-state index in [1.54, 1.807) is 0 Å². The zero-order chi connectivity index (χ0) is 18.4. The first-order valence-electron chi connectivity index (χ1n) is 11.0.